The maximum absolute atomic E-state index is 13.7. The van der Waals surface area contributed by atoms with Gasteiger partial charge in [-0.25, -0.2) is 19.6 Å². The van der Waals surface area contributed by atoms with Crippen molar-refractivity contribution in [2.75, 3.05) is 27.3 Å². The molecule has 3 N–H and O–H groups in total. The number of imidazole rings is 2. The second-order valence-corrected chi connectivity index (χ2v) is 17.1. The van der Waals surface area contributed by atoms with E-state index in [-0.39, 0.29) is 35.7 Å². The van der Waals surface area contributed by atoms with Crippen LogP contribution in [0.3, 0.4) is 0 Å². The number of benzene rings is 4. The van der Waals surface area contributed by atoms with Crippen LogP contribution >= 0.6 is 0 Å². The number of nitrogens with one attached hydrogen (secondary N) is 3. The number of nitrogens with zero attached hydrogens (tertiary/aromatic N) is 5. The quantitative estimate of drug-likeness (QED) is 0.108. The molecule has 14 heteroatoms. The average Bonchev–Trinajstić information content (AvgIpc) is 4.14. The molecule has 63 heavy (non-hydrogen) atoms. The van der Waals surface area contributed by atoms with E-state index >= 15 is 0 Å². The molecule has 6 aromatic rings. The van der Waals surface area contributed by atoms with Crippen LogP contribution in [0.1, 0.15) is 77.1 Å². The summed E-state index contributed by atoms with van der Waals surface area (Å²) < 4.78 is 9.42. The van der Waals surface area contributed by atoms with Crippen LogP contribution in [-0.2, 0) is 19.1 Å². The standard InChI is InChI=1S/C49H54N8O6/c1-28(2)37(26-51-48(60)62-5)46(58)56-21-7-9-41(56)44-50-27-40(54-44)31-13-11-30(12-14-31)32-15-16-34-24-35(18-17-33(34)23-32)36-19-20-38-39(25-36)53-45(52-38)42-10-8-22-57(42)47(59)43(29(3)4)55-49(61)63-6/h11-20,23-29,37,41-43H,7-10,21-22H2,1-6H3,(H,50,54)(H,52,53)(H,55,61)/b51-26+/t37?,41-,42?,43-/m0/s1. The predicted octanol–water partition coefficient (Wildman–Crippen LogP) is 9.26. The lowest BCUT2D eigenvalue weighted by Gasteiger charge is -2.29. The van der Waals surface area contributed by atoms with Crippen molar-refractivity contribution in [2.45, 2.75) is 71.5 Å². The molecule has 0 saturated carbocycles. The summed E-state index contributed by atoms with van der Waals surface area (Å²) in [5, 5.41) is 4.97. The van der Waals surface area contributed by atoms with Gasteiger partial charge in [0.2, 0.25) is 11.8 Å². The monoisotopic (exact) mass is 850 g/mol. The van der Waals surface area contributed by atoms with Crippen molar-refractivity contribution < 1.29 is 28.7 Å². The summed E-state index contributed by atoms with van der Waals surface area (Å²) in [5.41, 5.74) is 7.93. The van der Waals surface area contributed by atoms with Gasteiger partial charge in [0.25, 0.3) is 0 Å². The molecule has 2 fully saturated rings. The molecule has 0 aliphatic carbocycles. The highest BCUT2D eigenvalue weighted by Gasteiger charge is 2.38. The highest BCUT2D eigenvalue weighted by Crippen LogP contribution is 2.36. The number of alkyl carbamates (subject to hydrolysis) is 1. The first-order valence-electron chi connectivity index (χ1n) is 21.7. The van der Waals surface area contributed by atoms with E-state index in [0.717, 1.165) is 92.6 Å². The Bertz CT molecular complexity index is 2680. The van der Waals surface area contributed by atoms with Crippen LogP contribution in [-0.4, -0.2) is 93.3 Å². The maximum atomic E-state index is 13.7. The minimum absolute atomic E-state index is 0.0442. The molecule has 4 heterocycles. The number of ether oxygens (including phenoxy) is 2. The van der Waals surface area contributed by atoms with Gasteiger partial charge < -0.3 is 34.6 Å². The van der Waals surface area contributed by atoms with Gasteiger partial charge in [-0.1, -0.05) is 82.3 Å². The second kappa shape index (κ2) is 18.3. The highest BCUT2D eigenvalue weighted by atomic mass is 16.5. The third kappa shape index (κ3) is 8.93. The zero-order valence-corrected chi connectivity index (χ0v) is 36.6. The highest BCUT2D eigenvalue weighted by molar-refractivity contribution is 5.97. The molecule has 2 unspecified atom stereocenters. The number of aromatic nitrogens is 4. The van der Waals surface area contributed by atoms with Gasteiger partial charge >= 0.3 is 12.2 Å². The number of likely N-dealkylation sites (tertiary alicyclic amines) is 2. The van der Waals surface area contributed by atoms with Crippen molar-refractivity contribution in [1.29, 1.82) is 0 Å². The molecule has 14 nitrogen and oxygen atoms in total. The van der Waals surface area contributed by atoms with Crippen LogP contribution in [0.5, 0.6) is 0 Å². The van der Waals surface area contributed by atoms with E-state index in [1.165, 1.54) is 20.4 Å². The maximum Gasteiger partial charge on any atom is 0.432 e. The first kappa shape index (κ1) is 42.8. The predicted molar refractivity (Wildman–Crippen MR) is 243 cm³/mol. The number of rotatable bonds is 11. The summed E-state index contributed by atoms with van der Waals surface area (Å²) in [6.07, 6.45) is 5.18. The summed E-state index contributed by atoms with van der Waals surface area (Å²) in [6, 6.07) is 26.5. The Morgan fingerprint density at radius 3 is 1.94 bits per heavy atom. The number of H-pyrrole nitrogens is 2. The van der Waals surface area contributed by atoms with Crippen molar-refractivity contribution in [3.8, 4) is 33.5 Å². The van der Waals surface area contributed by atoms with Crippen LogP contribution in [0.4, 0.5) is 9.59 Å². The molecule has 2 aliphatic rings. The number of fused-ring (bicyclic) bond motifs is 2. The summed E-state index contributed by atoms with van der Waals surface area (Å²) in [5.74, 6) is 0.581. The van der Waals surface area contributed by atoms with Crippen molar-refractivity contribution in [2.24, 2.45) is 22.7 Å². The van der Waals surface area contributed by atoms with Crippen LogP contribution in [0.2, 0.25) is 0 Å². The van der Waals surface area contributed by atoms with E-state index in [0.29, 0.717) is 13.1 Å². The summed E-state index contributed by atoms with van der Waals surface area (Å²) in [7, 11) is 2.56. The van der Waals surface area contributed by atoms with Crippen LogP contribution < -0.4 is 5.32 Å². The molecular formula is C49H54N8O6. The Kier molecular flexibility index (Phi) is 12.4. The lowest BCUT2D eigenvalue weighted by Crippen LogP contribution is -2.51. The van der Waals surface area contributed by atoms with Gasteiger partial charge in [-0.3, -0.25) is 9.59 Å². The fourth-order valence-corrected chi connectivity index (χ4v) is 8.88. The zero-order chi connectivity index (χ0) is 44.4. The number of aromatic amines is 2. The van der Waals surface area contributed by atoms with Crippen LogP contribution in [0.15, 0.2) is 90.1 Å². The largest absolute Gasteiger partial charge is 0.453 e. The first-order chi connectivity index (χ1) is 30.4. The molecule has 2 aliphatic heterocycles. The fraction of sp³-hybridized carbons (Fsp3) is 0.367. The normalized spacial score (nSPS) is 17.6. The number of carbonyl (C=O) groups excluding carboxylic acids is 4. The van der Waals surface area contributed by atoms with Gasteiger partial charge in [-0.2, -0.15) is 4.99 Å². The molecule has 4 aromatic carbocycles. The number of aliphatic imine (C=N–C) groups is 1. The SMILES string of the molecule is COC(=O)/N=C/C(C(=O)N1CCC[C@H]1c1ncc(-c2ccc(-c3ccc4cc(-c5ccc6nc(C7CCCN7C(=O)[C@@H](NC(=O)OC)C(C)C)[nH]c6c5)ccc4c3)cc2)[nH]1)C(C)C. The van der Waals surface area contributed by atoms with Gasteiger partial charge in [0.1, 0.15) is 17.7 Å². The summed E-state index contributed by atoms with van der Waals surface area (Å²) in [4.78, 5) is 75.1. The van der Waals surface area contributed by atoms with Crippen molar-refractivity contribution in [3.05, 3.63) is 96.7 Å². The van der Waals surface area contributed by atoms with Crippen molar-refractivity contribution in [1.82, 2.24) is 35.1 Å². The molecule has 0 spiro atoms. The summed E-state index contributed by atoms with van der Waals surface area (Å²) >= 11 is 0. The Balaban J connectivity index is 0.949. The minimum atomic E-state index is -0.723. The molecule has 4 atom stereocenters. The first-order valence-corrected chi connectivity index (χ1v) is 21.7. The van der Waals surface area contributed by atoms with Crippen molar-refractivity contribution in [3.63, 3.8) is 0 Å². The van der Waals surface area contributed by atoms with Crippen LogP contribution in [0.25, 0.3) is 55.3 Å². The van der Waals surface area contributed by atoms with Gasteiger partial charge in [-0.05, 0) is 100 Å². The number of methoxy groups -OCH3 is 2. The lowest BCUT2D eigenvalue weighted by atomic mass is 9.95. The Labute approximate surface area is 366 Å². The number of amides is 4. The average molecular weight is 851 g/mol. The Morgan fingerprint density at radius 2 is 1.30 bits per heavy atom. The molecule has 0 bridgehead atoms. The fourth-order valence-electron chi connectivity index (χ4n) is 8.88. The van der Waals surface area contributed by atoms with E-state index in [1.807, 2.05) is 49.8 Å². The van der Waals surface area contributed by atoms with E-state index in [2.05, 4.69) is 97.8 Å². The number of hydrogen-bond acceptors (Lipinski definition) is 8. The van der Waals surface area contributed by atoms with Crippen LogP contribution in [0, 0.1) is 17.8 Å². The van der Waals surface area contributed by atoms with E-state index < -0.39 is 24.1 Å². The van der Waals surface area contributed by atoms with Crippen molar-refractivity contribution >= 4 is 52.0 Å². The third-order valence-corrected chi connectivity index (χ3v) is 12.4. The molecule has 326 valence electrons. The molecular weight excluding hydrogens is 797 g/mol. The second-order valence-electron chi connectivity index (χ2n) is 17.1. The van der Waals surface area contributed by atoms with E-state index in [9.17, 15) is 19.2 Å². The lowest BCUT2D eigenvalue weighted by molar-refractivity contribution is -0.136. The smallest absolute Gasteiger partial charge is 0.432 e. The van der Waals surface area contributed by atoms with Gasteiger partial charge in [0, 0.05) is 19.3 Å². The molecule has 8 rings (SSSR count). The Morgan fingerprint density at radius 1 is 0.714 bits per heavy atom. The number of carbonyl (C=O) groups is 4. The molecule has 2 aromatic heterocycles. The van der Waals surface area contributed by atoms with Gasteiger partial charge in [0.15, 0.2) is 0 Å². The third-order valence-electron chi connectivity index (χ3n) is 12.4. The van der Waals surface area contributed by atoms with Gasteiger partial charge in [0.05, 0.1) is 55.1 Å². The zero-order valence-electron chi connectivity index (χ0n) is 36.6. The molecule has 0 radical (unpaired) electrons. The van der Waals surface area contributed by atoms with Gasteiger partial charge in [-0.15, -0.1) is 0 Å². The summed E-state index contributed by atoms with van der Waals surface area (Å²) in [6.45, 7) is 8.91. The molecule has 4 amide bonds. The van der Waals surface area contributed by atoms with E-state index in [1.54, 1.807) is 0 Å². The van der Waals surface area contributed by atoms with E-state index in [4.69, 9.17) is 14.7 Å². The number of hydrogen-bond donors (Lipinski definition) is 3. The molecule has 2 saturated heterocycles. The Hall–Kier alpha value is -6.83. The minimum Gasteiger partial charge on any atom is -0.453 e. The topological polar surface area (TPSA) is 175 Å².